The molecule has 9 heteroatoms. The molecule has 0 unspecified atom stereocenters. The zero-order chi connectivity index (χ0) is 28.8. The van der Waals surface area contributed by atoms with Crippen molar-refractivity contribution >= 4 is 40.4 Å². The zero-order valence-electron chi connectivity index (χ0n) is 23.5. The lowest BCUT2D eigenvalue weighted by molar-refractivity contribution is 0.0635. The van der Waals surface area contributed by atoms with Gasteiger partial charge in [-0.3, -0.25) is 20.0 Å². The predicted molar refractivity (Wildman–Crippen MR) is 166 cm³/mol. The first-order chi connectivity index (χ1) is 19.7. The van der Waals surface area contributed by atoms with Crippen molar-refractivity contribution in [2.45, 2.75) is 45.4 Å². The molecule has 1 saturated heterocycles. The Balaban J connectivity index is 1.23. The summed E-state index contributed by atoms with van der Waals surface area (Å²) >= 11 is 1.61. The molecule has 1 atom stereocenters. The molecule has 3 N–H and O–H groups in total. The number of rotatable bonds is 8. The van der Waals surface area contributed by atoms with E-state index in [9.17, 15) is 9.59 Å². The van der Waals surface area contributed by atoms with Crippen LogP contribution in [0.4, 0.5) is 21.9 Å². The number of carbonyl (C=O) groups excluding carboxylic acids is 2. The number of ether oxygens (including phenoxy) is 1. The molecule has 5 rings (SSSR count). The van der Waals surface area contributed by atoms with Crippen molar-refractivity contribution < 1.29 is 14.3 Å². The van der Waals surface area contributed by atoms with Gasteiger partial charge in [0, 0.05) is 48.5 Å². The van der Waals surface area contributed by atoms with Gasteiger partial charge in [-0.05, 0) is 86.2 Å². The van der Waals surface area contributed by atoms with Crippen LogP contribution in [-0.4, -0.2) is 46.6 Å². The van der Waals surface area contributed by atoms with Crippen molar-refractivity contribution in [3.05, 3.63) is 95.6 Å². The fraction of sp³-hybridized carbons (Fsp3) is 0.281. The van der Waals surface area contributed by atoms with Crippen molar-refractivity contribution in [3.63, 3.8) is 0 Å². The summed E-state index contributed by atoms with van der Waals surface area (Å²) in [4.78, 5) is 33.4. The van der Waals surface area contributed by atoms with E-state index in [0.29, 0.717) is 23.0 Å². The average Bonchev–Trinajstić information content (AvgIpc) is 3.62. The highest BCUT2D eigenvalue weighted by Crippen LogP contribution is 2.32. The summed E-state index contributed by atoms with van der Waals surface area (Å²) in [6.45, 7) is 8.19. The Morgan fingerprint density at radius 2 is 1.85 bits per heavy atom. The van der Waals surface area contributed by atoms with Gasteiger partial charge in [-0.1, -0.05) is 24.3 Å². The molecule has 2 amide bonds. The number of aromatic nitrogens is 1. The third-order valence-electron chi connectivity index (χ3n) is 6.64. The van der Waals surface area contributed by atoms with Crippen LogP contribution in [0.2, 0.25) is 0 Å². The van der Waals surface area contributed by atoms with Crippen LogP contribution in [0.25, 0.3) is 10.4 Å². The van der Waals surface area contributed by atoms with Gasteiger partial charge < -0.3 is 15.4 Å². The molecule has 0 saturated carbocycles. The first-order valence-corrected chi connectivity index (χ1v) is 14.6. The Morgan fingerprint density at radius 3 is 2.56 bits per heavy atom. The lowest BCUT2D eigenvalue weighted by Gasteiger charge is -2.21. The third-order valence-corrected chi connectivity index (χ3v) is 7.56. The monoisotopic (exact) mass is 569 g/mol. The first-order valence-electron chi connectivity index (χ1n) is 13.7. The minimum atomic E-state index is -0.641. The fourth-order valence-corrected chi connectivity index (χ4v) is 5.48. The highest BCUT2D eigenvalue weighted by Gasteiger charge is 2.23. The van der Waals surface area contributed by atoms with Crippen LogP contribution >= 0.6 is 11.3 Å². The van der Waals surface area contributed by atoms with E-state index in [1.54, 1.807) is 44.4 Å². The molecular weight excluding hydrogens is 534 g/mol. The van der Waals surface area contributed by atoms with Crippen molar-refractivity contribution in [3.8, 4) is 10.4 Å². The normalized spacial score (nSPS) is 15.3. The molecule has 8 nitrogen and oxygen atoms in total. The second kappa shape index (κ2) is 12.5. The topological polar surface area (TPSA) is 95.6 Å². The third kappa shape index (κ3) is 7.93. The van der Waals surface area contributed by atoms with Gasteiger partial charge in [0.1, 0.15) is 5.60 Å². The fourth-order valence-electron chi connectivity index (χ4n) is 4.76. The standard InChI is InChI=1S/C32H35N5O3S/c1-32(2,3)40-31(39)36-27-13-12-24(29-7-5-17-41-29)18-28(27)35-30(38)23-10-8-22(9-11-23)20-37-16-14-26(21-37)34-25-6-4-15-33-19-25/h4-13,15,17-19,26,34H,14,16,20-21H2,1-3H3,(H,35,38)(H,36,39)/t26-/m0/s1. The molecule has 2 aromatic heterocycles. The Hall–Kier alpha value is -4.21. The van der Waals surface area contributed by atoms with Crippen LogP contribution in [0.3, 0.4) is 0 Å². The second-order valence-corrected chi connectivity index (χ2v) is 12.1. The van der Waals surface area contributed by atoms with E-state index in [-0.39, 0.29) is 5.91 Å². The van der Waals surface area contributed by atoms with Crippen LogP contribution in [0.1, 0.15) is 43.1 Å². The molecule has 0 bridgehead atoms. The Bertz CT molecular complexity index is 1470. The lowest BCUT2D eigenvalue weighted by atomic mass is 10.1. The molecule has 41 heavy (non-hydrogen) atoms. The van der Waals surface area contributed by atoms with E-state index in [0.717, 1.165) is 47.7 Å². The van der Waals surface area contributed by atoms with Gasteiger partial charge in [-0.25, -0.2) is 4.79 Å². The van der Waals surface area contributed by atoms with Gasteiger partial charge in [0.25, 0.3) is 5.91 Å². The van der Waals surface area contributed by atoms with Gasteiger partial charge in [0.05, 0.1) is 17.1 Å². The number of benzene rings is 2. The highest BCUT2D eigenvalue weighted by molar-refractivity contribution is 7.13. The van der Waals surface area contributed by atoms with Gasteiger partial charge in [0.15, 0.2) is 0 Å². The number of likely N-dealkylation sites (tertiary alicyclic amines) is 1. The number of thiophene rings is 1. The minimum absolute atomic E-state index is 0.256. The maximum Gasteiger partial charge on any atom is 0.412 e. The van der Waals surface area contributed by atoms with Crippen LogP contribution in [-0.2, 0) is 11.3 Å². The molecule has 212 valence electrons. The lowest BCUT2D eigenvalue weighted by Crippen LogP contribution is -2.27. The molecule has 3 heterocycles. The molecule has 1 aliphatic rings. The van der Waals surface area contributed by atoms with E-state index >= 15 is 0 Å². The van der Waals surface area contributed by atoms with Crippen molar-refractivity contribution in [1.82, 2.24) is 9.88 Å². The summed E-state index contributed by atoms with van der Waals surface area (Å²) in [5.41, 5.74) is 4.00. The van der Waals surface area contributed by atoms with E-state index in [1.165, 1.54) is 0 Å². The zero-order valence-corrected chi connectivity index (χ0v) is 24.3. The summed E-state index contributed by atoms with van der Waals surface area (Å²) in [5, 5.41) is 11.3. The smallest absolute Gasteiger partial charge is 0.412 e. The first kappa shape index (κ1) is 28.3. The van der Waals surface area contributed by atoms with E-state index in [2.05, 4.69) is 25.8 Å². The number of nitrogens with zero attached hydrogens (tertiary/aromatic N) is 2. The van der Waals surface area contributed by atoms with Gasteiger partial charge in [0.2, 0.25) is 0 Å². The summed E-state index contributed by atoms with van der Waals surface area (Å²) in [7, 11) is 0. The number of pyridine rings is 1. The van der Waals surface area contributed by atoms with E-state index < -0.39 is 11.7 Å². The van der Waals surface area contributed by atoms with Gasteiger partial charge in [-0.2, -0.15) is 0 Å². The minimum Gasteiger partial charge on any atom is -0.444 e. The van der Waals surface area contributed by atoms with Crippen molar-refractivity contribution in [2.24, 2.45) is 0 Å². The predicted octanol–water partition coefficient (Wildman–Crippen LogP) is 7.10. The molecular formula is C32H35N5O3S. The number of amides is 2. The summed E-state index contributed by atoms with van der Waals surface area (Å²) in [6.07, 6.45) is 4.11. The molecule has 0 aliphatic carbocycles. The number of anilines is 3. The molecule has 0 spiro atoms. The summed E-state index contributed by atoms with van der Waals surface area (Å²) in [6, 6.07) is 21.6. The Morgan fingerprint density at radius 1 is 1.02 bits per heavy atom. The van der Waals surface area contributed by atoms with Gasteiger partial charge >= 0.3 is 6.09 Å². The van der Waals surface area contributed by atoms with Crippen LogP contribution in [0.15, 0.2) is 84.5 Å². The van der Waals surface area contributed by atoms with Crippen molar-refractivity contribution in [2.75, 3.05) is 29.0 Å². The van der Waals surface area contributed by atoms with Crippen molar-refractivity contribution in [1.29, 1.82) is 0 Å². The summed E-state index contributed by atoms with van der Waals surface area (Å²) < 4.78 is 5.42. The summed E-state index contributed by atoms with van der Waals surface area (Å²) in [5.74, 6) is -0.256. The SMILES string of the molecule is CC(C)(C)OC(=O)Nc1ccc(-c2cccs2)cc1NC(=O)c1ccc(CN2CC[C@H](Nc3cccnc3)C2)cc1. The number of carbonyl (C=O) groups is 2. The van der Waals surface area contributed by atoms with Gasteiger partial charge in [-0.15, -0.1) is 11.3 Å². The van der Waals surface area contributed by atoms with Crippen LogP contribution in [0, 0.1) is 0 Å². The molecule has 2 aromatic carbocycles. The maximum atomic E-state index is 13.3. The molecule has 0 radical (unpaired) electrons. The largest absolute Gasteiger partial charge is 0.444 e. The van der Waals surface area contributed by atoms with E-state index in [1.807, 2.05) is 72.2 Å². The van der Waals surface area contributed by atoms with Crippen LogP contribution in [0.5, 0.6) is 0 Å². The molecule has 4 aromatic rings. The Kier molecular flexibility index (Phi) is 8.66. The van der Waals surface area contributed by atoms with Crippen LogP contribution < -0.4 is 16.0 Å². The maximum absolute atomic E-state index is 13.3. The number of hydrogen-bond acceptors (Lipinski definition) is 7. The quantitative estimate of drug-likeness (QED) is 0.210. The molecule has 1 aliphatic heterocycles. The second-order valence-electron chi connectivity index (χ2n) is 11.1. The van der Waals surface area contributed by atoms with E-state index in [4.69, 9.17) is 4.74 Å². The average molecular weight is 570 g/mol. The molecule has 1 fully saturated rings. The Labute approximate surface area is 244 Å². The highest BCUT2D eigenvalue weighted by atomic mass is 32.1. The number of hydrogen-bond donors (Lipinski definition) is 3. The number of nitrogens with one attached hydrogen (secondary N) is 3.